The summed E-state index contributed by atoms with van der Waals surface area (Å²) in [5.41, 5.74) is 0.466. The molecular formula is C28H40FN3O3. The molecule has 2 N–H and O–H groups in total. The van der Waals surface area contributed by atoms with Crippen molar-refractivity contribution < 1.29 is 18.8 Å². The largest absolute Gasteiger partial charge is 0.342 e. The Labute approximate surface area is 208 Å². The molecule has 7 heteroatoms. The normalized spacial score (nSPS) is 22.2. The first-order valence-electron chi connectivity index (χ1n) is 13.5. The monoisotopic (exact) mass is 485 g/mol. The second-order valence-corrected chi connectivity index (χ2v) is 10.9. The molecule has 1 aliphatic heterocycles. The van der Waals surface area contributed by atoms with Gasteiger partial charge >= 0.3 is 0 Å². The van der Waals surface area contributed by atoms with Gasteiger partial charge in [0.2, 0.25) is 5.91 Å². The van der Waals surface area contributed by atoms with Crippen LogP contribution in [0.15, 0.2) is 18.2 Å². The second-order valence-electron chi connectivity index (χ2n) is 10.9. The Kier molecular flexibility index (Phi) is 8.58. The van der Waals surface area contributed by atoms with Crippen LogP contribution in [-0.4, -0.2) is 54.2 Å². The summed E-state index contributed by atoms with van der Waals surface area (Å²) >= 11 is 0. The first-order valence-corrected chi connectivity index (χ1v) is 13.5. The number of halogens is 1. The number of piperidine rings is 1. The molecule has 0 bridgehead atoms. The number of amides is 2. The Bertz CT molecular complexity index is 924. The number of nitrogens with zero attached hydrogens (tertiary/aromatic N) is 1. The summed E-state index contributed by atoms with van der Waals surface area (Å²) in [7, 11) is 0. The lowest BCUT2D eigenvalue weighted by Crippen LogP contribution is -2.48. The number of likely N-dealkylation sites (tertiary alicyclic amines) is 1. The first kappa shape index (κ1) is 25.8. The van der Waals surface area contributed by atoms with E-state index in [1.807, 2.05) is 18.7 Å². The highest BCUT2D eigenvalue weighted by molar-refractivity contribution is 5.98. The van der Waals surface area contributed by atoms with Gasteiger partial charge in [-0.25, -0.2) is 4.39 Å². The van der Waals surface area contributed by atoms with Crippen LogP contribution in [0.25, 0.3) is 0 Å². The fourth-order valence-electron chi connectivity index (χ4n) is 5.60. The molecule has 3 fully saturated rings. The summed E-state index contributed by atoms with van der Waals surface area (Å²) in [6, 6.07) is 4.82. The highest BCUT2D eigenvalue weighted by atomic mass is 19.1. The van der Waals surface area contributed by atoms with Crippen molar-refractivity contribution in [1.82, 2.24) is 15.5 Å². The summed E-state index contributed by atoms with van der Waals surface area (Å²) in [6.07, 6.45) is 8.92. The van der Waals surface area contributed by atoms with Crippen molar-refractivity contribution in [2.45, 2.75) is 89.6 Å². The Morgan fingerprint density at radius 3 is 2.46 bits per heavy atom. The highest BCUT2D eigenvalue weighted by Gasteiger charge is 2.34. The summed E-state index contributed by atoms with van der Waals surface area (Å²) < 4.78 is 15.7. The third-order valence-corrected chi connectivity index (χ3v) is 7.89. The van der Waals surface area contributed by atoms with Gasteiger partial charge in [0.25, 0.3) is 5.91 Å². The number of carbonyl (C=O) groups is 3. The average Bonchev–Trinajstić information content (AvgIpc) is 3.70. The lowest BCUT2D eigenvalue weighted by Gasteiger charge is -2.33. The maximum atomic E-state index is 15.7. The van der Waals surface area contributed by atoms with Crippen LogP contribution in [0.1, 0.15) is 93.5 Å². The molecule has 2 saturated carbocycles. The van der Waals surface area contributed by atoms with Crippen molar-refractivity contribution in [2.75, 3.05) is 19.6 Å². The number of ketones is 1. The Balaban J connectivity index is 1.46. The van der Waals surface area contributed by atoms with Crippen molar-refractivity contribution in [3.05, 3.63) is 35.1 Å². The lowest BCUT2D eigenvalue weighted by atomic mass is 9.80. The molecular weight excluding hydrogens is 445 g/mol. The molecule has 6 nitrogen and oxygen atoms in total. The van der Waals surface area contributed by atoms with E-state index in [2.05, 4.69) is 10.6 Å². The minimum atomic E-state index is -0.576. The van der Waals surface area contributed by atoms with Gasteiger partial charge in [-0.2, -0.15) is 0 Å². The highest BCUT2D eigenvalue weighted by Crippen LogP contribution is 2.31. The van der Waals surface area contributed by atoms with E-state index in [1.165, 1.54) is 6.07 Å². The van der Waals surface area contributed by atoms with Crippen LogP contribution in [0.3, 0.4) is 0 Å². The Hall–Kier alpha value is -2.28. The van der Waals surface area contributed by atoms with Gasteiger partial charge in [-0.1, -0.05) is 45.2 Å². The third-order valence-electron chi connectivity index (χ3n) is 7.89. The lowest BCUT2D eigenvalue weighted by molar-refractivity contribution is -0.131. The first-order chi connectivity index (χ1) is 16.8. The van der Waals surface area contributed by atoms with Crippen LogP contribution in [-0.2, 0) is 9.59 Å². The number of rotatable bonds is 9. The fourth-order valence-corrected chi connectivity index (χ4v) is 5.60. The molecule has 0 aromatic heterocycles. The molecule has 0 radical (unpaired) electrons. The fraction of sp³-hybridized carbons (Fsp3) is 0.679. The van der Waals surface area contributed by atoms with Crippen LogP contribution in [0, 0.1) is 17.7 Å². The van der Waals surface area contributed by atoms with Crippen molar-refractivity contribution in [1.29, 1.82) is 0 Å². The summed E-state index contributed by atoms with van der Waals surface area (Å²) in [5, 5.41) is 6.17. The van der Waals surface area contributed by atoms with E-state index in [4.69, 9.17) is 0 Å². The molecule has 1 saturated heterocycles. The zero-order chi connectivity index (χ0) is 24.9. The molecule has 2 atom stereocenters. The molecule has 35 heavy (non-hydrogen) atoms. The third kappa shape index (κ3) is 6.49. The maximum absolute atomic E-state index is 15.7. The molecule has 1 aromatic carbocycles. The molecule has 0 spiro atoms. The summed E-state index contributed by atoms with van der Waals surface area (Å²) in [6.45, 7) is 5.17. The molecule has 4 rings (SSSR count). The van der Waals surface area contributed by atoms with Crippen LogP contribution >= 0.6 is 0 Å². The number of hydrogen-bond acceptors (Lipinski definition) is 4. The molecule has 192 valence electrons. The van der Waals surface area contributed by atoms with Gasteiger partial charge in [-0.15, -0.1) is 0 Å². The van der Waals surface area contributed by atoms with Gasteiger partial charge in [-0.05, 0) is 56.1 Å². The smallest absolute Gasteiger partial charge is 0.254 e. The Morgan fingerprint density at radius 2 is 1.77 bits per heavy atom. The number of Topliss-reactive ketones (excluding diaryl/α,β-unsaturated/α-hetero) is 1. The van der Waals surface area contributed by atoms with Crippen LogP contribution in [0.4, 0.5) is 4.39 Å². The topological polar surface area (TPSA) is 78.5 Å². The van der Waals surface area contributed by atoms with Gasteiger partial charge < -0.3 is 15.5 Å². The second kappa shape index (κ2) is 11.6. The molecule has 1 heterocycles. The SMILES string of the molecule is CC(C)C(=O)C(NC(=O)c1cccc(C2CCCN(C(=O)CNC3CC3)C2)c1F)C1CCCCC1. The van der Waals surface area contributed by atoms with Gasteiger partial charge in [0.05, 0.1) is 18.2 Å². The average molecular weight is 486 g/mol. The summed E-state index contributed by atoms with van der Waals surface area (Å²) in [4.78, 5) is 40.6. The van der Waals surface area contributed by atoms with E-state index in [0.717, 1.165) is 57.8 Å². The zero-order valence-corrected chi connectivity index (χ0v) is 21.2. The van der Waals surface area contributed by atoms with E-state index in [0.29, 0.717) is 31.2 Å². The number of benzene rings is 1. The van der Waals surface area contributed by atoms with E-state index in [9.17, 15) is 14.4 Å². The van der Waals surface area contributed by atoms with Crippen molar-refractivity contribution in [3.8, 4) is 0 Å². The predicted octanol–water partition coefficient (Wildman–Crippen LogP) is 4.19. The molecule has 2 aliphatic carbocycles. The van der Waals surface area contributed by atoms with Crippen LogP contribution in [0.5, 0.6) is 0 Å². The molecule has 2 unspecified atom stereocenters. The van der Waals surface area contributed by atoms with E-state index in [1.54, 1.807) is 12.1 Å². The quantitative estimate of drug-likeness (QED) is 0.550. The molecule has 2 amide bonds. The zero-order valence-electron chi connectivity index (χ0n) is 21.2. The van der Waals surface area contributed by atoms with E-state index < -0.39 is 17.8 Å². The van der Waals surface area contributed by atoms with Crippen molar-refractivity contribution >= 4 is 17.6 Å². The van der Waals surface area contributed by atoms with E-state index >= 15 is 4.39 Å². The number of carbonyl (C=O) groups excluding carboxylic acids is 3. The van der Waals surface area contributed by atoms with Gasteiger partial charge in [0.1, 0.15) is 5.82 Å². The molecule has 3 aliphatic rings. The van der Waals surface area contributed by atoms with E-state index in [-0.39, 0.29) is 35.0 Å². The predicted molar refractivity (Wildman–Crippen MR) is 134 cm³/mol. The van der Waals surface area contributed by atoms with Gasteiger partial charge in [0, 0.05) is 31.0 Å². The van der Waals surface area contributed by atoms with Gasteiger partial charge in [0.15, 0.2) is 5.78 Å². The maximum Gasteiger partial charge on any atom is 0.254 e. The van der Waals surface area contributed by atoms with Crippen LogP contribution < -0.4 is 10.6 Å². The van der Waals surface area contributed by atoms with Crippen molar-refractivity contribution in [2.24, 2.45) is 11.8 Å². The minimum Gasteiger partial charge on any atom is -0.342 e. The van der Waals surface area contributed by atoms with Gasteiger partial charge in [-0.3, -0.25) is 14.4 Å². The standard InChI is InChI=1S/C28H40FN3O3/c1-18(2)27(34)26(19-8-4-3-5-9-19)31-28(35)23-12-6-11-22(25(23)29)20-10-7-15-32(17-20)24(33)16-30-21-13-14-21/h6,11-12,18-21,26,30H,3-5,7-10,13-17H2,1-2H3,(H,31,35). The van der Waals surface area contributed by atoms with Crippen molar-refractivity contribution in [3.63, 3.8) is 0 Å². The summed E-state index contributed by atoms with van der Waals surface area (Å²) in [5.74, 6) is -1.21. The molecule has 1 aromatic rings. The minimum absolute atomic E-state index is 0.0151. The number of hydrogen-bond donors (Lipinski definition) is 2. The number of nitrogens with one attached hydrogen (secondary N) is 2. The Morgan fingerprint density at radius 1 is 1.03 bits per heavy atom. The van der Waals surface area contributed by atoms with Crippen LogP contribution in [0.2, 0.25) is 0 Å².